The fraction of sp³-hybridized carbons (Fsp3) is 0.714. The molecule has 0 aliphatic heterocycles. The van der Waals surface area contributed by atoms with Gasteiger partial charge in [-0.15, -0.1) is 24.8 Å². The van der Waals surface area contributed by atoms with E-state index in [1.807, 2.05) is 3.88 Å². The molecule has 1 unspecified atom stereocenters. The van der Waals surface area contributed by atoms with Crippen molar-refractivity contribution in [1.29, 1.82) is 0 Å². The predicted octanol–water partition coefficient (Wildman–Crippen LogP) is 4.14. The molecule has 0 aromatic carbocycles. The van der Waals surface area contributed by atoms with Gasteiger partial charge in [0.2, 0.25) is 0 Å². The molecule has 1 atom stereocenters. The second kappa shape index (κ2) is 8.41. The number of hydrogen-bond donors (Lipinski definition) is 1. The monoisotopic (exact) mass is 358 g/mol. The summed E-state index contributed by atoms with van der Waals surface area (Å²) in [4.78, 5) is 0. The molecule has 0 spiro atoms. The van der Waals surface area contributed by atoms with Gasteiger partial charge < -0.3 is 0 Å². The van der Waals surface area contributed by atoms with Crippen LogP contribution in [0.25, 0.3) is 0 Å². The fourth-order valence-corrected chi connectivity index (χ4v) is 14.1. The Balaban J connectivity index is 0. The molecule has 19 heavy (non-hydrogen) atoms. The minimum Gasteiger partial charge on any atom is -0.147 e. The van der Waals surface area contributed by atoms with E-state index in [2.05, 4.69) is 58.8 Å². The summed E-state index contributed by atoms with van der Waals surface area (Å²) in [6.45, 7) is 18.8. The van der Waals surface area contributed by atoms with Crippen molar-refractivity contribution in [3.8, 4) is 0 Å². The van der Waals surface area contributed by atoms with Crippen molar-refractivity contribution in [2.75, 3.05) is 0 Å². The zero-order valence-corrected chi connectivity index (χ0v) is 18.2. The summed E-state index contributed by atoms with van der Waals surface area (Å²) >= 11 is -1.16. The van der Waals surface area contributed by atoms with E-state index in [0.717, 1.165) is 0 Å². The molecule has 0 radical (unpaired) electrons. The van der Waals surface area contributed by atoms with Crippen LogP contribution in [0.15, 0.2) is 20.6 Å². The number of allylic oxidation sites excluding steroid dienone is 4. The molecule has 113 valence electrons. The van der Waals surface area contributed by atoms with Crippen molar-refractivity contribution in [2.45, 2.75) is 60.6 Å². The van der Waals surface area contributed by atoms with Crippen LogP contribution in [0.5, 0.6) is 0 Å². The smallest absolute Gasteiger partial charge is 0.147 e. The summed E-state index contributed by atoms with van der Waals surface area (Å²) in [6, 6.07) is 0. The first-order valence-corrected chi connectivity index (χ1v) is 13.7. The van der Waals surface area contributed by atoms with E-state index in [0.29, 0.717) is 5.92 Å². The molecule has 0 saturated heterocycles. The van der Waals surface area contributed by atoms with Crippen molar-refractivity contribution >= 4 is 32.2 Å². The molecule has 1 rings (SSSR count). The van der Waals surface area contributed by atoms with Crippen LogP contribution in [0.4, 0.5) is 0 Å². The average molecular weight is 359 g/mol. The zero-order chi connectivity index (χ0) is 13.4. The van der Waals surface area contributed by atoms with E-state index in [9.17, 15) is 0 Å². The van der Waals surface area contributed by atoms with Crippen molar-refractivity contribution < 1.29 is 17.4 Å². The summed E-state index contributed by atoms with van der Waals surface area (Å²) < 4.78 is 5.83. The Kier molecular flexibility index (Phi) is 9.84. The van der Waals surface area contributed by atoms with Gasteiger partial charge in [-0.05, 0) is 0 Å². The van der Waals surface area contributed by atoms with E-state index in [1.165, 1.54) is 0 Å². The largest absolute Gasteiger partial charge is 0.147 e. The van der Waals surface area contributed by atoms with Crippen molar-refractivity contribution in [3.63, 3.8) is 0 Å². The van der Waals surface area contributed by atoms with Gasteiger partial charge in [0.15, 0.2) is 0 Å². The molecule has 0 bridgehead atoms. The SMILES string of the molecule is C[SiH2][Ti]([NH]C(C)(C)C)[C]1=C(C)C(C)=C(C)C1C.Cl.Cl. The van der Waals surface area contributed by atoms with Crippen LogP contribution in [0.3, 0.4) is 0 Å². The van der Waals surface area contributed by atoms with E-state index in [-0.39, 0.29) is 37.7 Å². The topological polar surface area (TPSA) is 12.0 Å². The standard InChI is InChI=1S/C9H13.C4H10N.CH5Si.2ClH.Ti/c1-6-5-7(2)9(4)8(6)3;1-4(2,3)5;1-2;;;/h6H,1-4H3;5H,1-3H3;2H2,1H3;2*1H;/q;-1;;;;+1. The van der Waals surface area contributed by atoms with Crippen LogP contribution in [0, 0.1) is 5.92 Å². The Morgan fingerprint density at radius 3 is 1.79 bits per heavy atom. The van der Waals surface area contributed by atoms with Crippen molar-refractivity contribution in [1.82, 2.24) is 3.80 Å². The molecule has 1 aliphatic carbocycles. The molecule has 0 amide bonds. The first-order valence-electron chi connectivity index (χ1n) is 6.72. The predicted molar refractivity (Wildman–Crippen MR) is 92.0 cm³/mol. The van der Waals surface area contributed by atoms with Gasteiger partial charge in [-0.25, -0.2) is 0 Å². The summed E-state index contributed by atoms with van der Waals surface area (Å²) in [5.41, 5.74) is 5.09. The Hall–Kier alpha value is 0.951. The van der Waals surface area contributed by atoms with Gasteiger partial charge in [-0.3, -0.25) is 0 Å². The van der Waals surface area contributed by atoms with E-state index >= 15 is 0 Å². The zero-order valence-electron chi connectivity index (χ0n) is 13.6. The maximum Gasteiger partial charge on any atom is -0.147 e. The van der Waals surface area contributed by atoms with E-state index in [1.54, 1.807) is 16.7 Å². The fourth-order valence-electron chi connectivity index (χ4n) is 2.65. The van der Waals surface area contributed by atoms with Gasteiger partial charge in [0, 0.05) is 0 Å². The second-order valence-electron chi connectivity index (χ2n) is 6.28. The van der Waals surface area contributed by atoms with E-state index < -0.39 is 17.4 Å². The first kappa shape index (κ1) is 22.2. The summed E-state index contributed by atoms with van der Waals surface area (Å²) in [5.74, 6) is 0.715. The summed E-state index contributed by atoms with van der Waals surface area (Å²) in [5, 5.41) is 0. The minimum atomic E-state index is -1.16. The Morgan fingerprint density at radius 1 is 1.05 bits per heavy atom. The Labute approximate surface area is 140 Å². The minimum absolute atomic E-state index is 0. The van der Waals surface area contributed by atoms with Crippen LogP contribution in [0.2, 0.25) is 6.55 Å². The third-order valence-electron chi connectivity index (χ3n) is 3.85. The van der Waals surface area contributed by atoms with Crippen molar-refractivity contribution in [3.05, 3.63) is 20.6 Å². The molecule has 1 aliphatic rings. The Morgan fingerprint density at radius 2 is 1.53 bits per heavy atom. The number of halogens is 2. The summed E-state index contributed by atoms with van der Waals surface area (Å²) in [7, 11) is 0.0808. The Bertz CT molecular complexity index is 372. The number of hydrogen-bond acceptors (Lipinski definition) is 1. The van der Waals surface area contributed by atoms with E-state index in [4.69, 9.17) is 0 Å². The van der Waals surface area contributed by atoms with Gasteiger partial charge in [-0.2, -0.15) is 0 Å². The molecule has 0 saturated carbocycles. The van der Waals surface area contributed by atoms with Crippen LogP contribution >= 0.6 is 24.8 Å². The van der Waals surface area contributed by atoms with Gasteiger partial charge in [0.05, 0.1) is 0 Å². The van der Waals surface area contributed by atoms with Gasteiger partial charge in [0.25, 0.3) is 0 Å². The maximum absolute atomic E-state index is 3.99. The van der Waals surface area contributed by atoms with Gasteiger partial charge >= 0.3 is 116 Å². The third-order valence-corrected chi connectivity index (χ3v) is 14.1. The average Bonchev–Trinajstić information content (AvgIpc) is 2.40. The number of nitrogens with one attached hydrogen (secondary N) is 1. The quantitative estimate of drug-likeness (QED) is 0.747. The molecule has 0 heterocycles. The molecule has 1 N–H and O–H groups in total. The van der Waals surface area contributed by atoms with Crippen LogP contribution < -0.4 is 3.80 Å². The molecule has 0 fully saturated rings. The molecule has 0 aromatic rings. The number of rotatable bonds is 3. The maximum atomic E-state index is 3.99. The van der Waals surface area contributed by atoms with Gasteiger partial charge in [0.1, 0.15) is 0 Å². The normalized spacial score (nSPS) is 19.9. The first-order chi connectivity index (χ1) is 7.69. The molecular weight excluding hydrogens is 329 g/mol. The molecule has 1 nitrogen and oxygen atoms in total. The van der Waals surface area contributed by atoms with Crippen molar-refractivity contribution in [2.24, 2.45) is 5.92 Å². The second-order valence-corrected chi connectivity index (χ2v) is 15.9. The third kappa shape index (κ3) is 5.33. The van der Waals surface area contributed by atoms with Gasteiger partial charge in [-0.1, -0.05) is 0 Å². The van der Waals surface area contributed by atoms with Crippen LogP contribution in [-0.2, 0) is 17.4 Å². The molecular formula is C14H30Cl2NSiTi. The molecule has 5 heteroatoms. The summed E-state index contributed by atoms with van der Waals surface area (Å²) in [6.07, 6.45) is 0. The van der Waals surface area contributed by atoms with Crippen LogP contribution in [-0.4, -0.2) is 12.9 Å². The van der Waals surface area contributed by atoms with Crippen LogP contribution in [0.1, 0.15) is 48.5 Å². The molecule has 0 aromatic heterocycles.